The summed E-state index contributed by atoms with van der Waals surface area (Å²) >= 11 is 0. The van der Waals surface area contributed by atoms with Gasteiger partial charge in [-0.15, -0.1) is 25.6 Å². The van der Waals surface area contributed by atoms with E-state index in [1.165, 1.54) is 7.11 Å². The standard InChI is InChI=1S/C10H10F5NO2.ClH/c1-17-7-3-2-5(18-10(13,14)15)4-6(7)8(16)9(11)12;/h2-4,8-9H,16H2,1H3;1H/t8-;/m0./s1. The SMILES string of the molecule is COc1ccc(OC(F)(F)F)cc1[C@H](N)C(F)F.Cl. The number of benzene rings is 1. The molecule has 1 atom stereocenters. The van der Waals surface area contributed by atoms with Crippen molar-refractivity contribution in [1.29, 1.82) is 0 Å². The largest absolute Gasteiger partial charge is 0.573 e. The third kappa shape index (κ3) is 5.07. The highest BCUT2D eigenvalue weighted by Crippen LogP contribution is 2.33. The van der Waals surface area contributed by atoms with Crippen LogP contribution < -0.4 is 15.2 Å². The van der Waals surface area contributed by atoms with E-state index in [1.807, 2.05) is 0 Å². The van der Waals surface area contributed by atoms with E-state index in [4.69, 9.17) is 10.5 Å². The first kappa shape index (κ1) is 17.7. The monoisotopic (exact) mass is 307 g/mol. The Morgan fingerprint density at radius 2 is 1.79 bits per heavy atom. The molecule has 0 unspecified atom stereocenters. The predicted octanol–water partition coefficient (Wildman–Crippen LogP) is 3.28. The molecule has 0 bridgehead atoms. The number of methoxy groups -OCH3 is 1. The molecular formula is C10H11ClF5NO2. The van der Waals surface area contributed by atoms with Crippen LogP contribution in [0.3, 0.4) is 0 Å². The molecule has 110 valence electrons. The second-order valence-electron chi connectivity index (χ2n) is 3.31. The summed E-state index contributed by atoms with van der Waals surface area (Å²) in [6, 6.07) is 1.06. The van der Waals surface area contributed by atoms with E-state index in [9.17, 15) is 22.0 Å². The van der Waals surface area contributed by atoms with E-state index < -0.39 is 24.6 Å². The lowest BCUT2D eigenvalue weighted by atomic mass is 10.1. The van der Waals surface area contributed by atoms with Gasteiger partial charge in [0.05, 0.1) is 13.2 Å². The van der Waals surface area contributed by atoms with E-state index in [0.717, 1.165) is 18.2 Å². The first-order chi connectivity index (χ1) is 8.24. The third-order valence-corrected chi connectivity index (χ3v) is 2.07. The van der Waals surface area contributed by atoms with Gasteiger partial charge in [0.1, 0.15) is 11.5 Å². The molecule has 19 heavy (non-hydrogen) atoms. The lowest BCUT2D eigenvalue weighted by Crippen LogP contribution is -2.21. The highest BCUT2D eigenvalue weighted by molar-refractivity contribution is 5.85. The normalized spacial score (nSPS) is 12.8. The molecule has 9 heteroatoms. The maximum atomic E-state index is 12.5. The number of ether oxygens (including phenoxy) is 2. The van der Waals surface area contributed by atoms with Crippen LogP contribution in [0.15, 0.2) is 18.2 Å². The van der Waals surface area contributed by atoms with Crippen molar-refractivity contribution in [2.45, 2.75) is 18.8 Å². The predicted molar refractivity (Wildman–Crippen MR) is 59.9 cm³/mol. The average Bonchev–Trinajstić information content (AvgIpc) is 2.25. The van der Waals surface area contributed by atoms with Gasteiger partial charge in [-0.3, -0.25) is 0 Å². The molecule has 0 spiro atoms. The minimum absolute atomic E-state index is 0. The Bertz CT molecular complexity index is 413. The maximum Gasteiger partial charge on any atom is 0.573 e. The van der Waals surface area contributed by atoms with Crippen LogP contribution in [-0.2, 0) is 0 Å². The van der Waals surface area contributed by atoms with Gasteiger partial charge in [0, 0.05) is 5.56 Å². The summed E-state index contributed by atoms with van der Waals surface area (Å²) in [5.74, 6) is -0.660. The molecule has 0 saturated carbocycles. The van der Waals surface area contributed by atoms with Crippen molar-refractivity contribution in [3.8, 4) is 11.5 Å². The lowest BCUT2D eigenvalue weighted by molar-refractivity contribution is -0.274. The summed E-state index contributed by atoms with van der Waals surface area (Å²) in [5, 5.41) is 0. The molecule has 2 N–H and O–H groups in total. The van der Waals surface area contributed by atoms with Gasteiger partial charge >= 0.3 is 6.36 Å². The first-order valence-electron chi connectivity index (χ1n) is 4.72. The van der Waals surface area contributed by atoms with Crippen molar-refractivity contribution in [3.63, 3.8) is 0 Å². The average molecular weight is 308 g/mol. The third-order valence-electron chi connectivity index (χ3n) is 2.07. The van der Waals surface area contributed by atoms with E-state index in [0.29, 0.717) is 0 Å². The quantitative estimate of drug-likeness (QED) is 0.868. The lowest BCUT2D eigenvalue weighted by Gasteiger charge is -2.17. The van der Waals surface area contributed by atoms with E-state index in [1.54, 1.807) is 0 Å². The molecule has 0 fully saturated rings. The number of alkyl halides is 5. The minimum atomic E-state index is -4.90. The summed E-state index contributed by atoms with van der Waals surface area (Å²) in [5.41, 5.74) is 4.92. The Morgan fingerprint density at radius 1 is 1.21 bits per heavy atom. The van der Waals surface area contributed by atoms with Gasteiger partial charge < -0.3 is 15.2 Å². The molecule has 0 aromatic heterocycles. The van der Waals surface area contributed by atoms with Gasteiger partial charge in [0.15, 0.2) is 0 Å². The molecule has 0 aliphatic rings. The Kier molecular flexibility index (Phi) is 6.31. The summed E-state index contributed by atoms with van der Waals surface area (Å²) in [6.45, 7) is 0. The van der Waals surface area contributed by atoms with Crippen molar-refractivity contribution in [1.82, 2.24) is 0 Å². The van der Waals surface area contributed by atoms with Gasteiger partial charge in [-0.1, -0.05) is 0 Å². The molecule has 0 aliphatic heterocycles. The summed E-state index contributed by atoms with van der Waals surface area (Å²) in [6.07, 6.45) is -7.83. The van der Waals surface area contributed by atoms with Crippen molar-refractivity contribution in [2.24, 2.45) is 5.73 Å². The van der Waals surface area contributed by atoms with Crippen LogP contribution in [0.5, 0.6) is 11.5 Å². The Morgan fingerprint density at radius 3 is 2.21 bits per heavy atom. The molecule has 0 saturated heterocycles. The van der Waals surface area contributed by atoms with Gasteiger partial charge in [-0.05, 0) is 18.2 Å². The van der Waals surface area contributed by atoms with Gasteiger partial charge in [-0.25, -0.2) is 8.78 Å². The molecule has 0 radical (unpaired) electrons. The molecule has 0 heterocycles. The van der Waals surface area contributed by atoms with Gasteiger partial charge in [0.2, 0.25) is 0 Å². The molecule has 0 aliphatic carbocycles. The minimum Gasteiger partial charge on any atom is -0.496 e. The van der Waals surface area contributed by atoms with Crippen LogP contribution in [0.25, 0.3) is 0 Å². The number of hydrogen-bond donors (Lipinski definition) is 1. The van der Waals surface area contributed by atoms with Crippen LogP contribution in [-0.4, -0.2) is 19.9 Å². The fraction of sp³-hybridized carbons (Fsp3) is 0.400. The van der Waals surface area contributed by atoms with E-state index in [2.05, 4.69) is 4.74 Å². The highest BCUT2D eigenvalue weighted by atomic mass is 35.5. The van der Waals surface area contributed by atoms with Crippen LogP contribution in [0.4, 0.5) is 22.0 Å². The first-order valence-corrected chi connectivity index (χ1v) is 4.72. The molecule has 0 amide bonds. The number of rotatable bonds is 4. The topological polar surface area (TPSA) is 44.5 Å². The second-order valence-corrected chi connectivity index (χ2v) is 3.31. The highest BCUT2D eigenvalue weighted by Gasteiger charge is 2.32. The number of hydrogen-bond acceptors (Lipinski definition) is 3. The number of nitrogens with two attached hydrogens (primary N) is 1. The Balaban J connectivity index is 0.00000324. The molecule has 3 nitrogen and oxygen atoms in total. The van der Waals surface area contributed by atoms with Crippen LogP contribution >= 0.6 is 12.4 Å². The smallest absolute Gasteiger partial charge is 0.496 e. The molecule has 1 rings (SSSR count). The second kappa shape index (κ2) is 6.76. The van der Waals surface area contributed by atoms with Crippen LogP contribution in [0.1, 0.15) is 11.6 Å². The summed E-state index contributed by atoms with van der Waals surface area (Å²) < 4.78 is 69.2. The van der Waals surface area contributed by atoms with Gasteiger partial charge in [0.25, 0.3) is 6.43 Å². The van der Waals surface area contributed by atoms with Crippen LogP contribution in [0, 0.1) is 0 Å². The molecular weight excluding hydrogens is 297 g/mol. The zero-order chi connectivity index (χ0) is 13.9. The summed E-state index contributed by atoms with van der Waals surface area (Å²) in [7, 11) is 1.20. The van der Waals surface area contributed by atoms with Gasteiger partial charge in [-0.2, -0.15) is 0 Å². The fourth-order valence-electron chi connectivity index (χ4n) is 1.31. The molecule has 1 aromatic carbocycles. The fourth-order valence-corrected chi connectivity index (χ4v) is 1.31. The zero-order valence-electron chi connectivity index (χ0n) is 9.58. The van der Waals surface area contributed by atoms with Crippen molar-refractivity contribution >= 4 is 12.4 Å². The zero-order valence-corrected chi connectivity index (χ0v) is 10.4. The Hall–Kier alpha value is -1.28. The molecule has 1 aromatic rings. The van der Waals surface area contributed by atoms with Crippen LogP contribution in [0.2, 0.25) is 0 Å². The van der Waals surface area contributed by atoms with Crippen molar-refractivity contribution in [2.75, 3.05) is 7.11 Å². The van der Waals surface area contributed by atoms with Crippen molar-refractivity contribution in [3.05, 3.63) is 23.8 Å². The maximum absolute atomic E-state index is 12.5. The Labute approximate surface area is 111 Å². The summed E-state index contributed by atoms with van der Waals surface area (Å²) in [4.78, 5) is 0. The van der Waals surface area contributed by atoms with Crippen molar-refractivity contribution < 1.29 is 31.4 Å². The van der Waals surface area contributed by atoms with E-state index >= 15 is 0 Å². The van der Waals surface area contributed by atoms with E-state index in [-0.39, 0.29) is 23.7 Å². The number of halogens is 6.